The number of para-hydroxylation sites is 2. The summed E-state index contributed by atoms with van der Waals surface area (Å²) in [6.45, 7) is 3.40. The Morgan fingerprint density at radius 3 is 1.74 bits per heavy atom. The Bertz CT molecular complexity index is 1570. The number of thiocarbonyl (C=S) groups is 2. The Labute approximate surface area is 260 Å². The van der Waals surface area contributed by atoms with E-state index in [0.717, 1.165) is 11.1 Å². The van der Waals surface area contributed by atoms with Crippen molar-refractivity contribution in [3.05, 3.63) is 92.3 Å². The van der Waals surface area contributed by atoms with E-state index in [0.29, 0.717) is 69.2 Å². The van der Waals surface area contributed by atoms with Crippen LogP contribution in [0.5, 0.6) is 11.5 Å². The molecule has 6 N–H and O–H groups in total. The van der Waals surface area contributed by atoms with Gasteiger partial charge in [-0.3, -0.25) is 24.8 Å². The summed E-state index contributed by atoms with van der Waals surface area (Å²) in [4.78, 5) is 25.8. The van der Waals surface area contributed by atoms with Crippen molar-refractivity contribution in [2.45, 2.75) is 45.7 Å². The average Bonchev–Trinajstić information content (AvgIpc) is 2.96. The van der Waals surface area contributed by atoms with Crippen molar-refractivity contribution >= 4 is 47.1 Å². The summed E-state index contributed by atoms with van der Waals surface area (Å²) in [6, 6.07) is 16.4. The number of ether oxygens (including phenoxy) is 2. The van der Waals surface area contributed by atoms with Crippen LogP contribution in [-0.2, 0) is 13.1 Å². The molecular weight excluding hydrogens is 589 g/mol. The zero-order chi connectivity index (χ0) is 31.0. The van der Waals surface area contributed by atoms with Crippen LogP contribution in [0, 0.1) is 6.92 Å². The van der Waals surface area contributed by atoms with E-state index in [9.17, 15) is 9.59 Å². The fourth-order valence-corrected chi connectivity index (χ4v) is 4.18. The van der Waals surface area contributed by atoms with Gasteiger partial charge in [0.1, 0.15) is 11.5 Å². The number of hydrogen-bond donors (Lipinski definition) is 4. The zero-order valence-corrected chi connectivity index (χ0v) is 25.5. The molecule has 3 rings (SSSR count). The molecule has 0 bridgehead atoms. The maximum absolute atomic E-state index is 13.2. The van der Waals surface area contributed by atoms with Gasteiger partial charge in [0.05, 0.1) is 25.6 Å². The molecule has 1 aromatic heterocycles. The molecule has 2 aromatic carbocycles. The average molecular weight is 625 g/mol. The van der Waals surface area contributed by atoms with Crippen LogP contribution >= 0.6 is 24.4 Å². The van der Waals surface area contributed by atoms with E-state index < -0.39 is 0 Å². The smallest absolute Gasteiger partial charge is 0.331 e. The number of nitrogens with zero attached hydrogens (tertiary/aromatic N) is 4. The maximum Gasteiger partial charge on any atom is 0.331 e. The molecule has 14 heteroatoms. The molecule has 1 heterocycles. The van der Waals surface area contributed by atoms with E-state index in [1.54, 1.807) is 23.9 Å². The van der Waals surface area contributed by atoms with E-state index >= 15 is 0 Å². The lowest BCUT2D eigenvalue weighted by molar-refractivity contribution is 0.299. The Morgan fingerprint density at radius 2 is 1.26 bits per heavy atom. The highest BCUT2D eigenvalue weighted by Crippen LogP contribution is 2.17. The lowest BCUT2D eigenvalue weighted by atomic mass is 10.2. The molecule has 43 heavy (non-hydrogen) atoms. The molecule has 0 atom stereocenters. The molecule has 0 amide bonds. The van der Waals surface area contributed by atoms with Crippen LogP contribution in [0.4, 0.5) is 0 Å². The Balaban J connectivity index is 1.48. The van der Waals surface area contributed by atoms with Crippen LogP contribution in [0.25, 0.3) is 0 Å². The van der Waals surface area contributed by atoms with Crippen LogP contribution < -0.4 is 43.0 Å². The summed E-state index contributed by atoms with van der Waals surface area (Å²) in [5.74, 6) is 1.33. The number of hydrazone groups is 2. The van der Waals surface area contributed by atoms with Crippen molar-refractivity contribution in [1.82, 2.24) is 20.0 Å². The van der Waals surface area contributed by atoms with Gasteiger partial charge < -0.3 is 20.9 Å². The molecule has 228 valence electrons. The Morgan fingerprint density at radius 1 is 0.791 bits per heavy atom. The fourth-order valence-electron chi connectivity index (χ4n) is 4.08. The monoisotopic (exact) mass is 624 g/mol. The van der Waals surface area contributed by atoms with Gasteiger partial charge in [-0.25, -0.2) is 4.79 Å². The Hall–Kier alpha value is -4.56. The lowest BCUT2D eigenvalue weighted by Crippen LogP contribution is -2.40. The molecule has 0 fully saturated rings. The quantitative estimate of drug-likeness (QED) is 0.0805. The third-order valence-electron chi connectivity index (χ3n) is 6.15. The van der Waals surface area contributed by atoms with E-state index in [2.05, 4.69) is 21.1 Å². The van der Waals surface area contributed by atoms with Gasteiger partial charge in [-0.15, -0.1) is 0 Å². The highest BCUT2D eigenvalue weighted by Gasteiger charge is 2.09. The minimum atomic E-state index is -0.314. The molecule has 0 radical (unpaired) electrons. The predicted octanol–water partition coefficient (Wildman–Crippen LogP) is 2.37. The normalized spacial score (nSPS) is 11.1. The number of nitrogens with two attached hydrogens (primary N) is 2. The third kappa shape index (κ3) is 11.0. The van der Waals surface area contributed by atoms with Gasteiger partial charge in [0.2, 0.25) is 0 Å². The second-order valence-corrected chi connectivity index (χ2v) is 10.2. The van der Waals surface area contributed by atoms with Crippen LogP contribution in [0.3, 0.4) is 0 Å². The van der Waals surface area contributed by atoms with Crippen LogP contribution in [-0.4, -0.2) is 45.0 Å². The van der Waals surface area contributed by atoms with Crippen molar-refractivity contribution in [2.75, 3.05) is 13.2 Å². The number of hydrogen-bond acceptors (Lipinski definition) is 8. The molecule has 0 aliphatic rings. The number of benzene rings is 2. The summed E-state index contributed by atoms with van der Waals surface area (Å²) < 4.78 is 14.7. The summed E-state index contributed by atoms with van der Waals surface area (Å²) in [5.41, 5.74) is 17.4. The molecule has 0 spiro atoms. The van der Waals surface area contributed by atoms with Crippen molar-refractivity contribution in [1.29, 1.82) is 0 Å². The Kier molecular flexibility index (Phi) is 13.3. The molecule has 0 aliphatic heterocycles. The van der Waals surface area contributed by atoms with Gasteiger partial charge in [0.15, 0.2) is 10.2 Å². The van der Waals surface area contributed by atoms with Gasteiger partial charge in [-0.1, -0.05) is 24.3 Å². The highest BCUT2D eigenvalue weighted by atomic mass is 32.1. The topological polar surface area (TPSA) is 163 Å². The molecule has 0 saturated heterocycles. The van der Waals surface area contributed by atoms with Crippen molar-refractivity contribution in [3.63, 3.8) is 0 Å². The first kappa shape index (κ1) is 32.9. The summed E-state index contributed by atoms with van der Waals surface area (Å²) in [5, 5.41) is 8.09. The molecular formula is C29H36N8O4S2. The van der Waals surface area contributed by atoms with E-state index in [-0.39, 0.29) is 21.5 Å². The number of aryl methyl sites for hydroxylation is 1. The summed E-state index contributed by atoms with van der Waals surface area (Å²) in [7, 11) is 0. The van der Waals surface area contributed by atoms with Gasteiger partial charge in [0.25, 0.3) is 5.56 Å². The standard InChI is InChI=1S/C29H36N8O4S2/c1-21-18-26(38)37(15-7-9-17-41-25-13-5-3-11-23(25)20-33-35-28(31)43)29(39)36(21)14-6-8-16-40-24-12-4-2-10-22(24)19-32-34-27(30)42/h2-5,10-13,18-20H,6-9,14-17H2,1H3,(H3,30,34,42)(H3,31,35,43)/b32-19+,33-20+. The molecule has 0 saturated carbocycles. The second kappa shape index (κ2) is 17.4. The number of nitrogens with one attached hydrogen (secondary N) is 2. The van der Waals surface area contributed by atoms with Gasteiger partial charge in [-0.05, 0) is 81.3 Å². The molecule has 3 aromatic rings. The largest absolute Gasteiger partial charge is 0.493 e. The first-order valence-electron chi connectivity index (χ1n) is 13.7. The van der Waals surface area contributed by atoms with E-state index in [1.165, 1.54) is 10.6 Å². The molecule has 0 unspecified atom stereocenters. The SMILES string of the molecule is Cc1cc(=O)n(CCCCOc2ccccc2/C=N/NC(N)=S)c(=O)n1CCCCOc1ccccc1/C=N/NC(N)=S. The van der Waals surface area contributed by atoms with Gasteiger partial charge >= 0.3 is 5.69 Å². The third-order valence-corrected chi connectivity index (χ3v) is 6.33. The maximum atomic E-state index is 13.2. The van der Waals surface area contributed by atoms with Crippen LogP contribution in [0.15, 0.2) is 74.4 Å². The van der Waals surface area contributed by atoms with Gasteiger partial charge in [-0.2, -0.15) is 10.2 Å². The zero-order valence-electron chi connectivity index (χ0n) is 23.9. The first-order chi connectivity index (χ1) is 20.8. The predicted molar refractivity (Wildman–Crippen MR) is 177 cm³/mol. The lowest BCUT2D eigenvalue weighted by Gasteiger charge is -2.14. The van der Waals surface area contributed by atoms with Crippen molar-refractivity contribution in [2.24, 2.45) is 21.7 Å². The molecule has 0 aliphatic carbocycles. The minimum absolute atomic E-state index is 0.0704. The second-order valence-electron chi connectivity index (χ2n) is 9.37. The van der Waals surface area contributed by atoms with E-state index in [1.807, 2.05) is 48.5 Å². The van der Waals surface area contributed by atoms with Crippen LogP contribution in [0.2, 0.25) is 0 Å². The van der Waals surface area contributed by atoms with E-state index in [4.69, 9.17) is 45.4 Å². The summed E-state index contributed by atoms with van der Waals surface area (Å²) in [6.07, 6.45) is 5.80. The first-order valence-corrected chi connectivity index (χ1v) is 14.5. The minimum Gasteiger partial charge on any atom is -0.493 e. The molecule has 12 nitrogen and oxygen atoms in total. The van der Waals surface area contributed by atoms with Gasteiger partial charge in [0, 0.05) is 36.0 Å². The van der Waals surface area contributed by atoms with Crippen molar-refractivity contribution in [3.8, 4) is 11.5 Å². The summed E-state index contributed by atoms with van der Waals surface area (Å²) >= 11 is 9.49. The number of unbranched alkanes of at least 4 members (excludes halogenated alkanes) is 2. The fraction of sp³-hybridized carbons (Fsp3) is 0.310. The number of aromatic nitrogens is 2. The highest BCUT2D eigenvalue weighted by molar-refractivity contribution is 7.80. The van der Waals surface area contributed by atoms with Crippen LogP contribution in [0.1, 0.15) is 42.5 Å². The van der Waals surface area contributed by atoms with Crippen molar-refractivity contribution < 1.29 is 9.47 Å². The number of rotatable bonds is 16.